The highest BCUT2D eigenvalue weighted by molar-refractivity contribution is 5.79. The summed E-state index contributed by atoms with van der Waals surface area (Å²) >= 11 is 0. The Labute approximate surface area is 287 Å². The SMILES string of the molecule is FC(F)(F)C(F)(F)C(F)(F)C(F)(F)C(F)(F)C(F)(F)/C=C/c1ccc2c(c1)Cc1cc(/C=C/C(F)(F)C(F)(F)C(F)(F)C(F)(F)C(F)(F)C(F)(F)F)ccc1-2. The summed E-state index contributed by atoms with van der Waals surface area (Å²) in [7, 11) is 0. The van der Waals surface area contributed by atoms with E-state index in [1.54, 1.807) is 0 Å². The Morgan fingerprint density at radius 1 is 0.327 bits per heavy atom. The molecule has 0 unspecified atom stereocenters. The second-order valence-electron chi connectivity index (χ2n) is 11.5. The third-order valence-corrected chi connectivity index (χ3v) is 7.82. The lowest BCUT2D eigenvalue weighted by Crippen LogP contribution is -2.69. The second-order valence-corrected chi connectivity index (χ2v) is 11.5. The van der Waals surface area contributed by atoms with Gasteiger partial charge in [-0.2, -0.15) is 114 Å². The van der Waals surface area contributed by atoms with Crippen LogP contribution in [0.4, 0.5) is 114 Å². The van der Waals surface area contributed by atoms with Crippen LogP contribution in [0.1, 0.15) is 22.3 Å². The predicted octanol–water partition coefficient (Wildman–Crippen LogP) is 12.8. The highest BCUT2D eigenvalue weighted by Crippen LogP contribution is 2.62. The van der Waals surface area contributed by atoms with Gasteiger partial charge in [0, 0.05) is 0 Å². The normalized spacial score (nSPS) is 16.3. The molecule has 2 aromatic carbocycles. The molecule has 0 aliphatic heterocycles. The fourth-order valence-corrected chi connectivity index (χ4v) is 4.63. The number of benzene rings is 2. The van der Waals surface area contributed by atoms with Crippen LogP contribution in [0, 0.1) is 0 Å². The van der Waals surface area contributed by atoms with Crippen LogP contribution in [0.25, 0.3) is 23.3 Å². The Hall–Kier alpha value is -3.90. The van der Waals surface area contributed by atoms with E-state index in [0.717, 1.165) is 24.3 Å². The maximum atomic E-state index is 14.1. The molecule has 26 heteroatoms. The Kier molecular flexibility index (Phi) is 10.6. The van der Waals surface area contributed by atoms with E-state index in [1.165, 1.54) is 0 Å². The molecule has 0 saturated heterocycles. The molecule has 1 aliphatic rings. The maximum absolute atomic E-state index is 14.1. The second kappa shape index (κ2) is 12.8. The Morgan fingerprint density at radius 2 is 0.582 bits per heavy atom. The van der Waals surface area contributed by atoms with Crippen LogP contribution in [0.5, 0.6) is 0 Å². The summed E-state index contributed by atoms with van der Waals surface area (Å²) in [6.45, 7) is 0. The molecule has 0 radical (unpaired) electrons. The van der Waals surface area contributed by atoms with Gasteiger partial charge in [-0.3, -0.25) is 0 Å². The Bertz CT molecular complexity index is 1690. The van der Waals surface area contributed by atoms with Crippen molar-refractivity contribution < 1.29 is 114 Å². The average molecular weight is 854 g/mol. The van der Waals surface area contributed by atoms with Crippen LogP contribution in [0.3, 0.4) is 0 Å². The van der Waals surface area contributed by atoms with Crippen molar-refractivity contribution >= 4 is 12.2 Å². The van der Waals surface area contributed by atoms with Gasteiger partial charge in [0.05, 0.1) is 0 Å². The summed E-state index contributed by atoms with van der Waals surface area (Å²) in [6, 6.07) is 4.75. The van der Waals surface area contributed by atoms with Crippen molar-refractivity contribution in [1.29, 1.82) is 0 Å². The molecule has 0 heterocycles. The van der Waals surface area contributed by atoms with Gasteiger partial charge in [-0.1, -0.05) is 48.6 Å². The molecule has 55 heavy (non-hydrogen) atoms. The van der Waals surface area contributed by atoms with Gasteiger partial charge in [0.15, 0.2) is 0 Å². The molecule has 1 aliphatic carbocycles. The van der Waals surface area contributed by atoms with Crippen molar-refractivity contribution in [3.05, 3.63) is 70.8 Å². The van der Waals surface area contributed by atoms with Crippen LogP contribution in [-0.2, 0) is 6.42 Å². The minimum absolute atomic E-state index is 0.0321. The summed E-state index contributed by atoms with van der Waals surface area (Å²) in [5.74, 6) is -76.7. The van der Waals surface area contributed by atoms with Crippen molar-refractivity contribution in [2.75, 3.05) is 0 Å². The average Bonchev–Trinajstić information content (AvgIpc) is 3.38. The quantitative estimate of drug-likeness (QED) is 0.159. The van der Waals surface area contributed by atoms with Crippen molar-refractivity contribution in [2.45, 2.75) is 78.0 Å². The van der Waals surface area contributed by atoms with E-state index < -0.39 is 101 Å². The molecular formula is C29H12F26. The van der Waals surface area contributed by atoms with E-state index in [0.29, 0.717) is 12.1 Å². The summed E-state index contributed by atoms with van der Waals surface area (Å²) in [6.07, 6.45) is -18.7. The minimum Gasteiger partial charge on any atom is -0.195 e. The highest BCUT2D eigenvalue weighted by Gasteiger charge is 2.91. The lowest BCUT2D eigenvalue weighted by Gasteiger charge is -2.39. The van der Waals surface area contributed by atoms with E-state index in [-0.39, 0.29) is 34.4 Å². The minimum atomic E-state index is -8.14. The molecule has 0 aromatic heterocycles. The number of fused-ring (bicyclic) bond motifs is 3. The van der Waals surface area contributed by atoms with Gasteiger partial charge >= 0.3 is 71.6 Å². The largest absolute Gasteiger partial charge is 0.460 e. The summed E-state index contributed by atoms with van der Waals surface area (Å²) in [4.78, 5) is 0. The van der Waals surface area contributed by atoms with E-state index >= 15 is 0 Å². The molecule has 0 saturated carbocycles. The molecule has 0 amide bonds. The van der Waals surface area contributed by atoms with E-state index in [4.69, 9.17) is 0 Å². The number of rotatable bonds is 12. The van der Waals surface area contributed by atoms with E-state index in [9.17, 15) is 114 Å². The lowest BCUT2D eigenvalue weighted by molar-refractivity contribution is -0.436. The lowest BCUT2D eigenvalue weighted by atomic mass is 9.93. The summed E-state index contributed by atoms with van der Waals surface area (Å²) in [5, 5.41) is 0. The Balaban J connectivity index is 1.89. The molecule has 2 aromatic rings. The molecule has 310 valence electrons. The van der Waals surface area contributed by atoms with Crippen LogP contribution >= 0.6 is 0 Å². The molecule has 3 rings (SSSR count). The van der Waals surface area contributed by atoms with Crippen molar-refractivity contribution in [3.8, 4) is 11.1 Å². The van der Waals surface area contributed by atoms with Crippen LogP contribution in [0.15, 0.2) is 48.6 Å². The van der Waals surface area contributed by atoms with Crippen LogP contribution in [0.2, 0.25) is 0 Å². The van der Waals surface area contributed by atoms with Gasteiger partial charge in [0.1, 0.15) is 0 Å². The monoisotopic (exact) mass is 854 g/mol. The van der Waals surface area contributed by atoms with Crippen LogP contribution < -0.4 is 0 Å². The first-order valence-electron chi connectivity index (χ1n) is 13.7. The maximum Gasteiger partial charge on any atom is 0.460 e. The van der Waals surface area contributed by atoms with Crippen molar-refractivity contribution in [1.82, 2.24) is 0 Å². The van der Waals surface area contributed by atoms with E-state index in [2.05, 4.69) is 0 Å². The predicted molar refractivity (Wildman–Crippen MR) is 134 cm³/mol. The zero-order chi connectivity index (χ0) is 43.2. The van der Waals surface area contributed by atoms with Gasteiger partial charge in [0.25, 0.3) is 0 Å². The topological polar surface area (TPSA) is 0 Å². The zero-order valence-corrected chi connectivity index (χ0v) is 25.3. The smallest absolute Gasteiger partial charge is 0.195 e. The molecule has 0 fully saturated rings. The van der Waals surface area contributed by atoms with Gasteiger partial charge in [-0.15, -0.1) is 0 Å². The highest BCUT2D eigenvalue weighted by atomic mass is 19.4. The van der Waals surface area contributed by atoms with Gasteiger partial charge in [0.2, 0.25) is 0 Å². The number of alkyl halides is 26. The first-order chi connectivity index (χ1) is 24.1. The molecule has 0 atom stereocenters. The first-order valence-corrected chi connectivity index (χ1v) is 13.7. The molecule has 0 N–H and O–H groups in total. The molecule has 0 spiro atoms. The first kappa shape index (κ1) is 45.5. The molecule has 0 bridgehead atoms. The standard InChI is InChI=1S/C29H12F26/c30-18(31,20(34,35)22(38,39)24(42,43)26(46,47)28(50,51)52)7-5-12-1-3-16-14(9-12)11-15-10-13(2-4-17(15)16)6-8-19(32,33)21(36,37)23(40,41)25(44,45)27(48,49)29(53,54)55/h1-10H,11H2/b7-5+,8-6+. The number of hydrogen-bond acceptors (Lipinski definition) is 0. The number of hydrogen-bond donors (Lipinski definition) is 0. The third-order valence-electron chi connectivity index (χ3n) is 7.82. The summed E-state index contributed by atoms with van der Waals surface area (Å²) in [5.41, 5.74) is -1.56. The Morgan fingerprint density at radius 3 is 0.836 bits per heavy atom. The van der Waals surface area contributed by atoms with Crippen LogP contribution in [-0.4, -0.2) is 71.6 Å². The van der Waals surface area contributed by atoms with Gasteiger partial charge in [-0.25, -0.2) is 0 Å². The van der Waals surface area contributed by atoms with Crippen molar-refractivity contribution in [2.24, 2.45) is 0 Å². The fourth-order valence-electron chi connectivity index (χ4n) is 4.63. The van der Waals surface area contributed by atoms with Crippen molar-refractivity contribution in [3.63, 3.8) is 0 Å². The van der Waals surface area contributed by atoms with Gasteiger partial charge < -0.3 is 0 Å². The fraction of sp³-hybridized carbons (Fsp3) is 0.448. The number of halogens is 26. The molecular weight excluding hydrogens is 842 g/mol. The van der Waals surface area contributed by atoms with Gasteiger partial charge in [-0.05, 0) is 52.0 Å². The molecule has 0 nitrogen and oxygen atoms in total. The van der Waals surface area contributed by atoms with E-state index in [1.807, 2.05) is 0 Å². The summed E-state index contributed by atoms with van der Waals surface area (Å²) < 4.78 is 347. The zero-order valence-electron chi connectivity index (χ0n) is 25.3. The third kappa shape index (κ3) is 6.64. The number of allylic oxidation sites excluding steroid dienone is 2.